The molecule has 0 saturated carbocycles. The Hall–Kier alpha value is -0.700. The third kappa shape index (κ3) is 2.59. The zero-order chi connectivity index (χ0) is 12.5. The van der Waals surface area contributed by atoms with Gasteiger partial charge in [-0.05, 0) is 27.4 Å². The van der Waals surface area contributed by atoms with E-state index in [0.717, 1.165) is 5.56 Å². The summed E-state index contributed by atoms with van der Waals surface area (Å²) in [5.41, 5.74) is 0.823. The fourth-order valence-electron chi connectivity index (χ4n) is 1.31. The lowest BCUT2D eigenvalue weighted by Gasteiger charge is -2.15. The Morgan fingerprint density at radius 1 is 1.59 bits per heavy atom. The average Bonchev–Trinajstić information content (AvgIpc) is 2.89. The van der Waals surface area contributed by atoms with Crippen molar-refractivity contribution in [2.24, 2.45) is 0 Å². The van der Waals surface area contributed by atoms with Crippen molar-refractivity contribution in [1.82, 2.24) is 14.5 Å². The van der Waals surface area contributed by atoms with E-state index in [1.54, 1.807) is 30.9 Å². The van der Waals surface area contributed by atoms with Crippen LogP contribution < -0.4 is 0 Å². The third-order valence-corrected chi connectivity index (χ3v) is 6.64. The van der Waals surface area contributed by atoms with E-state index in [2.05, 4.69) is 26.1 Å². The molecule has 2 rings (SSSR count). The highest BCUT2D eigenvalue weighted by Crippen LogP contribution is 2.30. The van der Waals surface area contributed by atoms with Crippen LogP contribution in [0.1, 0.15) is 5.56 Å². The smallest absolute Gasteiger partial charge is 0.253 e. The Morgan fingerprint density at radius 2 is 2.35 bits per heavy atom. The molecule has 0 saturated heterocycles. The first kappa shape index (κ1) is 12.7. The number of aromatic nitrogens is 2. The molecule has 1 N–H and O–H groups in total. The number of aromatic amines is 1. The first-order valence-corrected chi connectivity index (χ1v) is 7.80. The minimum Gasteiger partial charge on any atom is -0.285 e. The zero-order valence-electron chi connectivity index (χ0n) is 8.92. The lowest BCUT2D eigenvalue weighted by atomic mass is 10.4. The Bertz CT molecular complexity index is 592. The van der Waals surface area contributed by atoms with E-state index in [-0.39, 0.29) is 0 Å². The van der Waals surface area contributed by atoms with Crippen molar-refractivity contribution >= 4 is 37.3 Å². The molecule has 92 valence electrons. The van der Waals surface area contributed by atoms with Crippen molar-refractivity contribution in [3.05, 3.63) is 33.9 Å². The number of halogens is 1. The van der Waals surface area contributed by atoms with Gasteiger partial charge in [0, 0.05) is 29.8 Å². The van der Waals surface area contributed by atoms with Gasteiger partial charge in [-0.3, -0.25) is 5.10 Å². The van der Waals surface area contributed by atoms with Gasteiger partial charge >= 0.3 is 0 Å². The monoisotopic (exact) mass is 335 g/mol. The van der Waals surface area contributed by atoms with Crippen molar-refractivity contribution in [2.45, 2.75) is 10.8 Å². The summed E-state index contributed by atoms with van der Waals surface area (Å²) >= 11 is 4.43. The second-order valence-corrected chi connectivity index (χ2v) is 7.43. The van der Waals surface area contributed by atoms with E-state index in [4.69, 9.17) is 0 Å². The molecule has 0 spiro atoms. The molecular formula is C9H10BrN3O2S2. The van der Waals surface area contributed by atoms with Gasteiger partial charge in [-0.25, -0.2) is 8.42 Å². The zero-order valence-corrected chi connectivity index (χ0v) is 12.1. The summed E-state index contributed by atoms with van der Waals surface area (Å²) in [7, 11) is -1.89. The molecule has 0 radical (unpaired) electrons. The van der Waals surface area contributed by atoms with Crippen LogP contribution >= 0.6 is 27.3 Å². The second kappa shape index (κ2) is 4.89. The number of nitrogens with one attached hydrogen (secondary N) is 1. The van der Waals surface area contributed by atoms with Crippen molar-refractivity contribution in [3.8, 4) is 0 Å². The Kier molecular flexibility index (Phi) is 3.67. The molecule has 0 fully saturated rings. The molecule has 2 heterocycles. The van der Waals surface area contributed by atoms with Crippen LogP contribution in [-0.2, 0) is 16.6 Å². The third-order valence-electron chi connectivity index (χ3n) is 2.19. The summed E-state index contributed by atoms with van der Waals surface area (Å²) < 4.78 is 26.7. The summed E-state index contributed by atoms with van der Waals surface area (Å²) in [6.45, 7) is 0.295. The molecular weight excluding hydrogens is 326 g/mol. The van der Waals surface area contributed by atoms with Crippen molar-refractivity contribution in [1.29, 1.82) is 0 Å². The van der Waals surface area contributed by atoms with Crippen LogP contribution in [0.5, 0.6) is 0 Å². The van der Waals surface area contributed by atoms with Gasteiger partial charge in [0.1, 0.15) is 4.21 Å². The number of thiophene rings is 1. The van der Waals surface area contributed by atoms with E-state index >= 15 is 0 Å². The van der Waals surface area contributed by atoms with Gasteiger partial charge in [-0.15, -0.1) is 11.3 Å². The highest BCUT2D eigenvalue weighted by molar-refractivity contribution is 9.10. The topological polar surface area (TPSA) is 66.1 Å². The molecule has 17 heavy (non-hydrogen) atoms. The summed E-state index contributed by atoms with van der Waals surface area (Å²) in [6.07, 6.45) is 3.28. The van der Waals surface area contributed by atoms with Crippen LogP contribution in [-0.4, -0.2) is 30.0 Å². The number of hydrogen-bond acceptors (Lipinski definition) is 4. The van der Waals surface area contributed by atoms with Crippen molar-refractivity contribution in [3.63, 3.8) is 0 Å². The molecule has 0 aliphatic carbocycles. The van der Waals surface area contributed by atoms with Crippen LogP contribution in [0.4, 0.5) is 0 Å². The van der Waals surface area contributed by atoms with Crippen LogP contribution in [0.3, 0.4) is 0 Å². The second-order valence-electron chi connectivity index (χ2n) is 3.42. The van der Waals surface area contributed by atoms with Gasteiger partial charge in [0.2, 0.25) is 0 Å². The minimum absolute atomic E-state index is 0.295. The van der Waals surface area contributed by atoms with Gasteiger partial charge in [0.05, 0.1) is 6.20 Å². The summed E-state index contributed by atoms with van der Waals surface area (Å²) in [4.78, 5) is 0. The molecule has 8 heteroatoms. The largest absolute Gasteiger partial charge is 0.285 e. The van der Waals surface area contributed by atoms with Crippen molar-refractivity contribution < 1.29 is 8.42 Å². The highest BCUT2D eigenvalue weighted by Gasteiger charge is 2.24. The lowest BCUT2D eigenvalue weighted by Crippen LogP contribution is -2.25. The quantitative estimate of drug-likeness (QED) is 0.929. The molecule has 0 amide bonds. The van der Waals surface area contributed by atoms with Crippen LogP contribution in [0, 0.1) is 0 Å². The Labute approximate surface area is 112 Å². The lowest BCUT2D eigenvalue weighted by molar-refractivity contribution is 0.468. The minimum atomic E-state index is -3.44. The molecule has 2 aromatic heterocycles. The molecule has 2 aromatic rings. The average molecular weight is 336 g/mol. The number of sulfonamides is 1. The van der Waals surface area contributed by atoms with Crippen molar-refractivity contribution in [2.75, 3.05) is 7.05 Å². The first-order chi connectivity index (χ1) is 8.01. The maximum absolute atomic E-state index is 12.2. The van der Waals surface area contributed by atoms with Crippen LogP contribution in [0.15, 0.2) is 32.5 Å². The molecule has 0 bridgehead atoms. The number of nitrogens with zero attached hydrogens (tertiary/aromatic N) is 2. The van der Waals surface area contributed by atoms with Gasteiger partial charge in [-0.1, -0.05) is 0 Å². The van der Waals surface area contributed by atoms with Gasteiger partial charge in [0.15, 0.2) is 0 Å². The van der Waals surface area contributed by atoms with E-state index in [1.807, 2.05) is 0 Å². The number of H-pyrrole nitrogens is 1. The molecule has 0 aliphatic rings. The molecule has 0 unspecified atom stereocenters. The molecule has 0 atom stereocenters. The maximum Gasteiger partial charge on any atom is 0.253 e. The van der Waals surface area contributed by atoms with Gasteiger partial charge in [0.25, 0.3) is 10.0 Å². The predicted molar refractivity (Wildman–Crippen MR) is 69.3 cm³/mol. The van der Waals surface area contributed by atoms with E-state index in [1.165, 1.54) is 15.6 Å². The fourth-order valence-corrected chi connectivity index (χ4v) is 4.97. The SMILES string of the molecule is CN(Cc1cn[nH]c1)S(=O)(=O)c1sccc1Br. The normalized spacial score (nSPS) is 12.2. The molecule has 5 nitrogen and oxygen atoms in total. The van der Waals surface area contributed by atoms with Crippen LogP contribution in [0.2, 0.25) is 0 Å². The maximum atomic E-state index is 12.2. The van der Waals surface area contributed by atoms with Gasteiger partial charge < -0.3 is 0 Å². The fraction of sp³-hybridized carbons (Fsp3) is 0.222. The first-order valence-electron chi connectivity index (χ1n) is 4.69. The van der Waals surface area contributed by atoms with E-state index in [9.17, 15) is 8.42 Å². The standard InChI is InChI=1S/C9H10BrN3O2S2/c1-13(6-7-4-11-12-5-7)17(14,15)9-8(10)2-3-16-9/h2-5H,6H2,1H3,(H,11,12). The summed E-state index contributed by atoms with van der Waals surface area (Å²) in [5, 5.41) is 8.18. The van der Waals surface area contributed by atoms with Crippen LogP contribution in [0.25, 0.3) is 0 Å². The van der Waals surface area contributed by atoms with E-state index in [0.29, 0.717) is 15.2 Å². The summed E-state index contributed by atoms with van der Waals surface area (Å²) in [5.74, 6) is 0. The van der Waals surface area contributed by atoms with E-state index < -0.39 is 10.0 Å². The highest BCUT2D eigenvalue weighted by atomic mass is 79.9. The Morgan fingerprint density at radius 3 is 2.88 bits per heavy atom. The number of hydrogen-bond donors (Lipinski definition) is 1. The summed E-state index contributed by atoms with van der Waals surface area (Å²) in [6, 6.07) is 1.73. The Balaban J connectivity index is 2.25. The molecule has 0 aliphatic heterocycles. The number of rotatable bonds is 4. The molecule has 0 aromatic carbocycles. The van der Waals surface area contributed by atoms with Gasteiger partial charge in [-0.2, -0.15) is 9.40 Å². The predicted octanol–water partition coefficient (Wildman–Crippen LogP) is 2.05.